The van der Waals surface area contributed by atoms with E-state index in [9.17, 15) is 9.59 Å². The lowest BCUT2D eigenvalue weighted by molar-refractivity contribution is -0.126. The second-order valence-electron chi connectivity index (χ2n) is 8.35. The van der Waals surface area contributed by atoms with Crippen LogP contribution in [0.4, 0.5) is 5.69 Å². The van der Waals surface area contributed by atoms with Gasteiger partial charge in [0.25, 0.3) is 5.91 Å². The standard InChI is InChI=1S/C24H28N2O3SSi/c1-29-19-11-7-17(8-12-19)23(26-22(27)16-20-6-5-15-30-20)24(28)25-18-9-13-21(14-10-18)31(2,3)4/h5-15,23H,16H2,1-4H3,(H,25,28)(H,26,27). The molecule has 0 fully saturated rings. The molecule has 3 rings (SSSR count). The van der Waals surface area contributed by atoms with E-state index in [4.69, 9.17) is 4.74 Å². The van der Waals surface area contributed by atoms with Crippen LogP contribution >= 0.6 is 11.3 Å². The van der Waals surface area contributed by atoms with E-state index in [0.29, 0.717) is 17.0 Å². The van der Waals surface area contributed by atoms with Crippen LogP contribution in [0.2, 0.25) is 19.6 Å². The van der Waals surface area contributed by atoms with Crippen molar-refractivity contribution in [3.63, 3.8) is 0 Å². The number of nitrogens with one attached hydrogen (secondary N) is 2. The summed E-state index contributed by atoms with van der Waals surface area (Å²) in [6.45, 7) is 6.84. The highest BCUT2D eigenvalue weighted by molar-refractivity contribution is 7.10. The molecule has 3 aromatic rings. The number of carbonyl (C=O) groups excluding carboxylic acids is 2. The molecule has 2 N–H and O–H groups in total. The van der Waals surface area contributed by atoms with Gasteiger partial charge in [0.1, 0.15) is 11.8 Å². The van der Waals surface area contributed by atoms with Gasteiger partial charge in [-0.2, -0.15) is 0 Å². The first-order chi connectivity index (χ1) is 14.8. The van der Waals surface area contributed by atoms with E-state index < -0.39 is 14.1 Å². The number of hydrogen-bond acceptors (Lipinski definition) is 4. The van der Waals surface area contributed by atoms with Crippen molar-refractivity contribution in [1.82, 2.24) is 5.32 Å². The Morgan fingerprint density at radius 3 is 2.23 bits per heavy atom. The topological polar surface area (TPSA) is 67.4 Å². The second kappa shape index (κ2) is 9.94. The molecule has 0 spiro atoms. The van der Waals surface area contributed by atoms with E-state index >= 15 is 0 Å². The number of rotatable bonds is 8. The SMILES string of the molecule is COc1ccc(C(NC(=O)Cc2cccs2)C(=O)Nc2ccc([Si](C)(C)C)cc2)cc1. The highest BCUT2D eigenvalue weighted by Crippen LogP contribution is 2.20. The lowest BCUT2D eigenvalue weighted by Crippen LogP contribution is -2.38. The molecule has 0 bridgehead atoms. The fourth-order valence-electron chi connectivity index (χ4n) is 3.15. The molecule has 2 amide bonds. The number of carbonyl (C=O) groups is 2. The lowest BCUT2D eigenvalue weighted by Gasteiger charge is -2.20. The highest BCUT2D eigenvalue weighted by atomic mass is 32.1. The summed E-state index contributed by atoms with van der Waals surface area (Å²) >= 11 is 1.52. The van der Waals surface area contributed by atoms with E-state index in [-0.39, 0.29) is 18.2 Å². The summed E-state index contributed by atoms with van der Waals surface area (Å²) in [5.41, 5.74) is 1.40. The Morgan fingerprint density at radius 2 is 1.68 bits per heavy atom. The Hall–Kier alpha value is -2.90. The summed E-state index contributed by atoms with van der Waals surface area (Å²) in [6.07, 6.45) is 0.239. The van der Waals surface area contributed by atoms with Crippen molar-refractivity contribution in [3.8, 4) is 5.75 Å². The molecule has 0 radical (unpaired) electrons. The van der Waals surface area contributed by atoms with Crippen molar-refractivity contribution in [1.29, 1.82) is 0 Å². The molecule has 162 valence electrons. The number of anilines is 1. The summed E-state index contributed by atoms with van der Waals surface area (Å²) < 4.78 is 5.21. The summed E-state index contributed by atoms with van der Waals surface area (Å²) in [4.78, 5) is 26.7. The Bertz CT molecular complexity index is 1010. The fourth-order valence-corrected chi connectivity index (χ4v) is 5.02. The Balaban J connectivity index is 1.78. The maximum atomic E-state index is 13.1. The highest BCUT2D eigenvalue weighted by Gasteiger charge is 2.24. The van der Waals surface area contributed by atoms with Crippen LogP contribution in [0, 0.1) is 0 Å². The summed E-state index contributed by atoms with van der Waals surface area (Å²) in [7, 11) is 0.176. The smallest absolute Gasteiger partial charge is 0.251 e. The maximum Gasteiger partial charge on any atom is 0.251 e. The van der Waals surface area contributed by atoms with Crippen molar-refractivity contribution >= 4 is 42.1 Å². The molecule has 2 aromatic carbocycles. The van der Waals surface area contributed by atoms with Gasteiger partial charge >= 0.3 is 0 Å². The summed E-state index contributed by atoms with van der Waals surface area (Å²) in [6, 6.07) is 18.1. The van der Waals surface area contributed by atoms with E-state index in [0.717, 1.165) is 4.88 Å². The number of hydrogen-bond donors (Lipinski definition) is 2. The minimum atomic E-state index is -1.41. The molecular formula is C24H28N2O3SSi. The van der Waals surface area contributed by atoms with E-state index in [2.05, 4.69) is 42.4 Å². The first kappa shape index (κ1) is 22.8. The van der Waals surface area contributed by atoms with Crippen molar-refractivity contribution in [2.75, 3.05) is 12.4 Å². The van der Waals surface area contributed by atoms with E-state index in [1.54, 1.807) is 31.4 Å². The lowest BCUT2D eigenvalue weighted by atomic mass is 10.1. The van der Waals surface area contributed by atoms with Gasteiger partial charge in [-0.3, -0.25) is 9.59 Å². The van der Waals surface area contributed by atoms with Crippen molar-refractivity contribution < 1.29 is 14.3 Å². The van der Waals surface area contributed by atoms with Gasteiger partial charge in [0, 0.05) is 10.6 Å². The Kier molecular flexibility index (Phi) is 7.30. The second-order valence-corrected chi connectivity index (χ2v) is 14.5. The molecule has 5 nitrogen and oxygen atoms in total. The Morgan fingerprint density at radius 1 is 1.00 bits per heavy atom. The summed E-state index contributed by atoms with van der Waals surface area (Å²) in [5, 5.41) is 9.08. The molecule has 1 heterocycles. The number of ether oxygens (including phenoxy) is 1. The quantitative estimate of drug-likeness (QED) is 0.500. The van der Waals surface area contributed by atoms with Gasteiger partial charge in [-0.15, -0.1) is 11.3 Å². The van der Waals surface area contributed by atoms with Crippen molar-refractivity contribution in [2.45, 2.75) is 32.1 Å². The largest absolute Gasteiger partial charge is 0.497 e. The molecule has 1 aromatic heterocycles. The minimum absolute atomic E-state index is 0.201. The van der Waals surface area contributed by atoms with Gasteiger partial charge in [-0.1, -0.05) is 55.2 Å². The monoisotopic (exact) mass is 452 g/mol. The predicted octanol–water partition coefficient (Wildman–Crippen LogP) is 4.34. The normalized spacial score (nSPS) is 12.1. The predicted molar refractivity (Wildman–Crippen MR) is 130 cm³/mol. The van der Waals surface area contributed by atoms with Gasteiger partial charge in [0.15, 0.2) is 0 Å². The first-order valence-corrected chi connectivity index (χ1v) is 14.5. The zero-order valence-electron chi connectivity index (χ0n) is 18.3. The number of methoxy groups -OCH3 is 1. The van der Waals surface area contributed by atoms with Crippen molar-refractivity contribution in [2.24, 2.45) is 0 Å². The van der Waals surface area contributed by atoms with Crippen molar-refractivity contribution in [3.05, 3.63) is 76.5 Å². The molecule has 1 atom stereocenters. The maximum absolute atomic E-state index is 13.1. The number of thiophene rings is 1. The van der Waals surface area contributed by atoms with Gasteiger partial charge in [0.05, 0.1) is 21.6 Å². The summed E-state index contributed by atoms with van der Waals surface area (Å²) in [5.74, 6) is 0.202. The molecule has 1 unspecified atom stereocenters. The molecule has 7 heteroatoms. The van der Waals surface area contributed by atoms with Gasteiger partial charge in [0.2, 0.25) is 5.91 Å². The van der Waals surface area contributed by atoms with Crippen LogP contribution in [-0.2, 0) is 16.0 Å². The average Bonchev–Trinajstić information content (AvgIpc) is 3.25. The van der Waals surface area contributed by atoms with Crippen LogP contribution in [0.5, 0.6) is 5.75 Å². The number of benzene rings is 2. The molecule has 31 heavy (non-hydrogen) atoms. The van der Waals surface area contributed by atoms with E-state index in [1.165, 1.54) is 16.5 Å². The van der Waals surface area contributed by atoms with Crippen LogP contribution in [0.3, 0.4) is 0 Å². The zero-order chi connectivity index (χ0) is 22.4. The molecular weight excluding hydrogens is 424 g/mol. The van der Waals surface area contributed by atoms with E-state index in [1.807, 2.05) is 29.6 Å². The fraction of sp³-hybridized carbons (Fsp3) is 0.250. The van der Waals surface area contributed by atoms with Crippen LogP contribution in [-0.4, -0.2) is 27.0 Å². The van der Waals surface area contributed by atoms with Crippen LogP contribution < -0.4 is 20.6 Å². The average molecular weight is 453 g/mol. The third-order valence-electron chi connectivity index (χ3n) is 4.95. The number of amides is 2. The van der Waals surface area contributed by atoms with Gasteiger partial charge in [-0.25, -0.2) is 0 Å². The molecule has 0 aliphatic carbocycles. The molecule has 0 saturated carbocycles. The van der Waals surface area contributed by atoms with Crippen LogP contribution in [0.15, 0.2) is 66.0 Å². The van der Waals surface area contributed by atoms with Gasteiger partial charge < -0.3 is 15.4 Å². The first-order valence-electron chi connectivity index (χ1n) is 10.1. The molecule has 0 aliphatic rings. The Labute approximate surface area is 188 Å². The zero-order valence-corrected chi connectivity index (χ0v) is 20.1. The molecule has 0 aliphatic heterocycles. The third-order valence-corrected chi connectivity index (χ3v) is 7.89. The minimum Gasteiger partial charge on any atom is -0.497 e. The third kappa shape index (κ3) is 6.29. The van der Waals surface area contributed by atoms with Crippen LogP contribution in [0.25, 0.3) is 0 Å². The van der Waals surface area contributed by atoms with Gasteiger partial charge in [-0.05, 0) is 41.3 Å². The molecule has 0 saturated heterocycles. The van der Waals surface area contributed by atoms with Crippen LogP contribution in [0.1, 0.15) is 16.5 Å².